The van der Waals surface area contributed by atoms with Gasteiger partial charge in [-0.25, -0.2) is 0 Å². The first-order valence-corrected chi connectivity index (χ1v) is 7.43. The van der Waals surface area contributed by atoms with Crippen molar-refractivity contribution in [3.05, 3.63) is 61.5 Å². The number of amides is 1. The van der Waals surface area contributed by atoms with Gasteiger partial charge >= 0.3 is 0 Å². The zero-order valence-electron chi connectivity index (χ0n) is 9.95. The molecule has 0 unspecified atom stereocenters. The summed E-state index contributed by atoms with van der Waals surface area (Å²) in [6.07, 6.45) is 0. The van der Waals surface area contributed by atoms with Crippen LogP contribution in [0.4, 0.5) is 5.69 Å². The van der Waals surface area contributed by atoms with E-state index in [2.05, 4.69) is 37.2 Å². The van der Waals surface area contributed by atoms with Crippen molar-refractivity contribution in [3.8, 4) is 6.07 Å². The summed E-state index contributed by atoms with van der Waals surface area (Å²) < 4.78 is 1.52. The predicted octanol–water partition coefficient (Wildman–Crippen LogP) is 4.99. The van der Waals surface area contributed by atoms with E-state index in [1.54, 1.807) is 36.4 Å². The number of nitriles is 1. The molecule has 100 valence electrons. The van der Waals surface area contributed by atoms with Gasteiger partial charge in [-0.3, -0.25) is 4.79 Å². The maximum absolute atomic E-state index is 12.2. The topological polar surface area (TPSA) is 52.9 Å². The van der Waals surface area contributed by atoms with Crippen molar-refractivity contribution in [2.24, 2.45) is 0 Å². The van der Waals surface area contributed by atoms with Crippen LogP contribution < -0.4 is 5.32 Å². The Labute approximate surface area is 137 Å². The monoisotopic (exact) mass is 412 g/mol. The number of benzene rings is 2. The quantitative estimate of drug-likeness (QED) is 0.753. The van der Waals surface area contributed by atoms with E-state index in [9.17, 15) is 4.79 Å². The molecular formula is C14H7Br2ClN2O. The summed E-state index contributed by atoms with van der Waals surface area (Å²) >= 11 is 12.6. The summed E-state index contributed by atoms with van der Waals surface area (Å²) in [5.41, 5.74) is 1.16. The molecule has 0 aliphatic heterocycles. The number of carbonyl (C=O) groups excluding carboxylic acids is 1. The third-order valence-corrected chi connectivity index (χ3v) is 3.84. The molecule has 0 heterocycles. The van der Waals surface area contributed by atoms with Crippen molar-refractivity contribution in [2.75, 3.05) is 5.32 Å². The number of halogens is 3. The second kappa shape index (κ2) is 6.40. The summed E-state index contributed by atoms with van der Waals surface area (Å²) in [4.78, 5) is 12.2. The SMILES string of the molecule is N#Cc1cc(Br)ccc1NC(=O)c1cc(Br)ccc1Cl. The minimum absolute atomic E-state index is 0.341. The molecule has 0 saturated carbocycles. The first-order valence-electron chi connectivity index (χ1n) is 5.47. The van der Waals surface area contributed by atoms with Crippen LogP contribution in [0.25, 0.3) is 0 Å². The van der Waals surface area contributed by atoms with Crippen LogP contribution in [0.1, 0.15) is 15.9 Å². The predicted molar refractivity (Wildman–Crippen MR) is 86.0 cm³/mol. The van der Waals surface area contributed by atoms with E-state index in [0.717, 1.165) is 8.95 Å². The summed E-state index contributed by atoms with van der Waals surface area (Å²) in [5.74, 6) is -0.366. The van der Waals surface area contributed by atoms with Crippen LogP contribution in [-0.2, 0) is 0 Å². The highest BCUT2D eigenvalue weighted by atomic mass is 79.9. The molecule has 1 amide bonds. The van der Waals surface area contributed by atoms with Crippen LogP contribution in [0, 0.1) is 11.3 Å². The smallest absolute Gasteiger partial charge is 0.257 e. The van der Waals surface area contributed by atoms with E-state index in [1.807, 2.05) is 6.07 Å². The zero-order valence-corrected chi connectivity index (χ0v) is 13.9. The number of hydrogen-bond acceptors (Lipinski definition) is 2. The molecule has 2 aromatic rings. The van der Waals surface area contributed by atoms with Crippen LogP contribution >= 0.6 is 43.5 Å². The minimum atomic E-state index is -0.366. The lowest BCUT2D eigenvalue weighted by molar-refractivity contribution is 0.102. The Morgan fingerprint density at radius 3 is 2.50 bits per heavy atom. The van der Waals surface area contributed by atoms with Gasteiger partial charge < -0.3 is 5.32 Å². The van der Waals surface area contributed by atoms with Crippen molar-refractivity contribution in [2.45, 2.75) is 0 Å². The van der Waals surface area contributed by atoms with Gasteiger partial charge in [0.15, 0.2) is 0 Å². The van der Waals surface area contributed by atoms with Crippen molar-refractivity contribution in [1.82, 2.24) is 0 Å². The van der Waals surface area contributed by atoms with Crippen molar-refractivity contribution < 1.29 is 4.79 Å². The van der Waals surface area contributed by atoms with Crippen LogP contribution in [0.5, 0.6) is 0 Å². The molecular weight excluding hydrogens is 407 g/mol. The van der Waals surface area contributed by atoms with Gasteiger partial charge in [-0.2, -0.15) is 5.26 Å². The maximum atomic E-state index is 12.2. The highest BCUT2D eigenvalue weighted by Crippen LogP contribution is 2.24. The second-order valence-electron chi connectivity index (χ2n) is 3.88. The molecule has 0 fully saturated rings. The van der Waals surface area contributed by atoms with E-state index < -0.39 is 0 Å². The summed E-state index contributed by atoms with van der Waals surface area (Å²) in [6, 6.07) is 12.1. The number of carbonyl (C=O) groups is 1. The number of anilines is 1. The number of rotatable bonds is 2. The molecule has 2 aromatic carbocycles. The lowest BCUT2D eigenvalue weighted by atomic mass is 10.1. The first kappa shape index (κ1) is 15.0. The lowest BCUT2D eigenvalue weighted by Crippen LogP contribution is -2.13. The van der Waals surface area contributed by atoms with Crippen LogP contribution in [0.2, 0.25) is 5.02 Å². The molecule has 2 rings (SSSR count). The Balaban J connectivity index is 2.33. The van der Waals surface area contributed by atoms with Gasteiger partial charge in [0.1, 0.15) is 6.07 Å². The summed E-state index contributed by atoms with van der Waals surface area (Å²) in [5, 5.41) is 12.1. The third-order valence-electron chi connectivity index (χ3n) is 2.52. The highest BCUT2D eigenvalue weighted by molar-refractivity contribution is 9.10. The van der Waals surface area contributed by atoms with Gasteiger partial charge in [0.2, 0.25) is 0 Å². The van der Waals surface area contributed by atoms with Crippen molar-refractivity contribution >= 4 is 55.1 Å². The molecule has 6 heteroatoms. The number of hydrogen-bond donors (Lipinski definition) is 1. The van der Waals surface area contributed by atoms with E-state index >= 15 is 0 Å². The molecule has 3 nitrogen and oxygen atoms in total. The molecule has 0 spiro atoms. The Morgan fingerprint density at radius 2 is 1.80 bits per heavy atom. The van der Waals surface area contributed by atoms with Gasteiger partial charge in [-0.15, -0.1) is 0 Å². The van der Waals surface area contributed by atoms with Gasteiger partial charge in [0.25, 0.3) is 5.91 Å². The maximum Gasteiger partial charge on any atom is 0.257 e. The third kappa shape index (κ3) is 3.40. The average Bonchev–Trinajstić information content (AvgIpc) is 2.43. The summed E-state index contributed by atoms with van der Waals surface area (Å²) in [6.45, 7) is 0. The van der Waals surface area contributed by atoms with E-state index in [1.165, 1.54) is 0 Å². The van der Waals surface area contributed by atoms with Crippen LogP contribution in [-0.4, -0.2) is 5.91 Å². The Hall–Kier alpha value is -1.35. The Bertz CT molecular complexity index is 726. The van der Waals surface area contributed by atoms with E-state index in [0.29, 0.717) is 21.8 Å². The lowest BCUT2D eigenvalue weighted by Gasteiger charge is -2.09. The zero-order chi connectivity index (χ0) is 14.7. The molecule has 0 bridgehead atoms. The van der Waals surface area contributed by atoms with Crippen molar-refractivity contribution in [1.29, 1.82) is 5.26 Å². The van der Waals surface area contributed by atoms with Gasteiger partial charge in [-0.05, 0) is 36.4 Å². The normalized spacial score (nSPS) is 9.90. The number of nitrogens with one attached hydrogen (secondary N) is 1. The molecule has 0 saturated heterocycles. The number of nitrogens with zero attached hydrogens (tertiary/aromatic N) is 1. The van der Waals surface area contributed by atoms with E-state index in [4.69, 9.17) is 16.9 Å². The van der Waals surface area contributed by atoms with Crippen LogP contribution in [0.15, 0.2) is 45.3 Å². The summed E-state index contributed by atoms with van der Waals surface area (Å²) in [7, 11) is 0. The van der Waals surface area contributed by atoms with Gasteiger partial charge in [-0.1, -0.05) is 43.5 Å². The molecule has 20 heavy (non-hydrogen) atoms. The fourth-order valence-corrected chi connectivity index (χ4v) is 2.50. The molecule has 0 atom stereocenters. The molecule has 1 N–H and O–H groups in total. The van der Waals surface area contributed by atoms with Gasteiger partial charge in [0.05, 0.1) is 21.8 Å². The molecule has 0 aliphatic rings. The minimum Gasteiger partial charge on any atom is -0.321 e. The molecule has 0 aromatic heterocycles. The Morgan fingerprint density at radius 1 is 1.15 bits per heavy atom. The fourth-order valence-electron chi connectivity index (χ4n) is 1.58. The van der Waals surface area contributed by atoms with Crippen molar-refractivity contribution in [3.63, 3.8) is 0 Å². The highest BCUT2D eigenvalue weighted by Gasteiger charge is 2.13. The average molecular weight is 414 g/mol. The molecule has 0 radical (unpaired) electrons. The Kier molecular flexibility index (Phi) is 4.81. The van der Waals surface area contributed by atoms with Crippen LogP contribution in [0.3, 0.4) is 0 Å². The first-order chi connectivity index (χ1) is 9.51. The standard InChI is InChI=1S/C14H7Br2ClN2O/c15-9-2-4-13(8(5-9)7-18)19-14(20)11-6-10(16)1-3-12(11)17/h1-6H,(H,19,20). The van der Waals surface area contributed by atoms with E-state index in [-0.39, 0.29) is 5.91 Å². The molecule has 0 aliphatic carbocycles. The van der Waals surface area contributed by atoms with Gasteiger partial charge in [0, 0.05) is 8.95 Å². The largest absolute Gasteiger partial charge is 0.321 e. The fraction of sp³-hybridized carbons (Fsp3) is 0. The second-order valence-corrected chi connectivity index (χ2v) is 6.12.